The highest BCUT2D eigenvalue weighted by Gasteiger charge is 2.23. The van der Waals surface area contributed by atoms with E-state index in [1.165, 1.54) is 14.2 Å². The second kappa shape index (κ2) is 15.6. The number of nitrogens with one attached hydrogen (secondary N) is 3. The first-order valence-corrected chi connectivity index (χ1v) is 11.8. The number of anilines is 1. The molecule has 0 saturated heterocycles. The van der Waals surface area contributed by atoms with Crippen molar-refractivity contribution in [2.24, 2.45) is 0 Å². The number of carbonyl (C=O) groups is 4. The largest absolute Gasteiger partial charge is 0.469 e. The Balaban J connectivity index is 2.32. The minimum atomic E-state index is -0.941. The second-order valence-electron chi connectivity index (χ2n) is 9.01. The van der Waals surface area contributed by atoms with Crippen molar-refractivity contribution in [2.75, 3.05) is 32.6 Å². The molecule has 10 heteroatoms. The Morgan fingerprint density at radius 2 is 1.51 bits per heavy atom. The number of rotatable bonds is 14. The normalized spacial score (nSPS) is 11.7. The molecule has 0 unspecified atom stereocenters. The van der Waals surface area contributed by atoms with E-state index in [1.807, 2.05) is 20.8 Å². The number of methoxy groups -OCH3 is 2. The molecular weight excluding hydrogens is 454 g/mol. The van der Waals surface area contributed by atoms with Crippen LogP contribution >= 0.6 is 0 Å². The van der Waals surface area contributed by atoms with Crippen LogP contribution in [0.25, 0.3) is 0 Å². The maximum absolute atomic E-state index is 12.5. The first-order chi connectivity index (χ1) is 16.6. The van der Waals surface area contributed by atoms with Crippen molar-refractivity contribution in [2.45, 2.75) is 70.9 Å². The van der Waals surface area contributed by atoms with Crippen LogP contribution in [0.2, 0.25) is 0 Å². The van der Waals surface area contributed by atoms with Crippen molar-refractivity contribution in [3.63, 3.8) is 0 Å². The van der Waals surface area contributed by atoms with Crippen LogP contribution in [-0.2, 0) is 23.8 Å². The van der Waals surface area contributed by atoms with Crippen LogP contribution < -0.4 is 16.0 Å². The molecule has 0 radical (unpaired) electrons. The Bertz CT molecular complexity index is 819. The van der Waals surface area contributed by atoms with Gasteiger partial charge in [0.05, 0.1) is 14.2 Å². The Kier molecular flexibility index (Phi) is 13.2. The molecule has 0 saturated carbocycles. The number of alkyl carbamates (subject to hydrolysis) is 1. The van der Waals surface area contributed by atoms with Gasteiger partial charge in [0.15, 0.2) is 0 Å². The number of esters is 2. The van der Waals surface area contributed by atoms with Gasteiger partial charge in [0.1, 0.15) is 11.6 Å². The van der Waals surface area contributed by atoms with Gasteiger partial charge in [-0.3, -0.25) is 9.59 Å². The van der Waals surface area contributed by atoms with Crippen LogP contribution in [0.5, 0.6) is 0 Å². The zero-order chi connectivity index (χ0) is 26.3. The standard InChI is InChI=1S/C25H39N3O7/c1-25(2,3)35-24(32)27-17-9-7-6-8-16-26-19-12-10-18(11-13-19)22(30)28-20(23(31)34-5)14-15-21(29)33-4/h10-13,20,26H,6-9,14-17H2,1-5H3,(H,27,32)(H,28,30)/t20-/m0/s1. The lowest BCUT2D eigenvalue weighted by atomic mass is 10.1. The molecule has 3 N–H and O–H groups in total. The van der Waals surface area contributed by atoms with Crippen molar-refractivity contribution in [3.8, 4) is 0 Å². The van der Waals surface area contributed by atoms with E-state index < -0.39 is 35.6 Å². The summed E-state index contributed by atoms with van der Waals surface area (Å²) in [5.74, 6) is -1.53. The predicted molar refractivity (Wildman–Crippen MR) is 132 cm³/mol. The fraction of sp³-hybridized carbons (Fsp3) is 0.600. The SMILES string of the molecule is COC(=O)CC[C@H](NC(=O)c1ccc(NCCCCCCNC(=O)OC(C)(C)C)cc1)C(=O)OC. The zero-order valence-corrected chi connectivity index (χ0v) is 21.4. The van der Waals surface area contributed by atoms with Crippen molar-refractivity contribution in [1.29, 1.82) is 0 Å². The van der Waals surface area contributed by atoms with E-state index >= 15 is 0 Å². The third-order valence-electron chi connectivity index (χ3n) is 4.90. The summed E-state index contributed by atoms with van der Waals surface area (Å²) in [7, 11) is 2.48. The molecule has 0 aliphatic carbocycles. The van der Waals surface area contributed by atoms with Gasteiger partial charge >= 0.3 is 18.0 Å². The van der Waals surface area contributed by atoms with E-state index in [4.69, 9.17) is 9.47 Å². The summed E-state index contributed by atoms with van der Waals surface area (Å²) < 4.78 is 14.5. The summed E-state index contributed by atoms with van der Waals surface area (Å²) in [5.41, 5.74) is 0.776. The molecule has 0 spiro atoms. The lowest BCUT2D eigenvalue weighted by molar-refractivity contribution is -0.144. The van der Waals surface area contributed by atoms with Gasteiger partial charge in [-0.2, -0.15) is 0 Å². The highest BCUT2D eigenvalue weighted by atomic mass is 16.6. The molecule has 1 aromatic carbocycles. The molecule has 0 aliphatic heterocycles. The predicted octanol–water partition coefficient (Wildman–Crippen LogP) is 3.41. The molecule has 0 aliphatic rings. The van der Waals surface area contributed by atoms with Crippen LogP contribution in [0.4, 0.5) is 10.5 Å². The van der Waals surface area contributed by atoms with Crippen LogP contribution in [0.1, 0.15) is 69.7 Å². The zero-order valence-electron chi connectivity index (χ0n) is 21.4. The highest BCUT2D eigenvalue weighted by Crippen LogP contribution is 2.12. The summed E-state index contributed by atoms with van der Waals surface area (Å²) in [5, 5.41) is 8.66. The average molecular weight is 494 g/mol. The summed E-state index contributed by atoms with van der Waals surface area (Å²) in [6.45, 7) is 6.86. The highest BCUT2D eigenvalue weighted by molar-refractivity contribution is 5.97. The summed E-state index contributed by atoms with van der Waals surface area (Å²) in [6.07, 6.45) is 3.54. The number of hydrogen-bond donors (Lipinski definition) is 3. The average Bonchev–Trinajstić information content (AvgIpc) is 2.81. The second-order valence-corrected chi connectivity index (χ2v) is 9.01. The molecule has 0 fully saturated rings. The van der Waals surface area contributed by atoms with E-state index in [2.05, 4.69) is 20.7 Å². The lowest BCUT2D eigenvalue weighted by Crippen LogP contribution is -2.41. The smallest absolute Gasteiger partial charge is 0.407 e. The van der Waals surface area contributed by atoms with Crippen molar-refractivity contribution in [1.82, 2.24) is 10.6 Å². The molecule has 35 heavy (non-hydrogen) atoms. The monoisotopic (exact) mass is 493 g/mol. The summed E-state index contributed by atoms with van der Waals surface area (Å²) >= 11 is 0. The Morgan fingerprint density at radius 3 is 2.09 bits per heavy atom. The first kappa shape index (κ1) is 29.7. The van der Waals surface area contributed by atoms with Crippen molar-refractivity contribution >= 4 is 29.6 Å². The van der Waals surface area contributed by atoms with Gasteiger partial charge in [0.25, 0.3) is 5.91 Å². The van der Waals surface area contributed by atoms with Crippen LogP contribution in [0.3, 0.4) is 0 Å². The van der Waals surface area contributed by atoms with E-state index in [0.29, 0.717) is 12.1 Å². The van der Waals surface area contributed by atoms with Gasteiger partial charge in [0.2, 0.25) is 0 Å². The van der Waals surface area contributed by atoms with Crippen molar-refractivity contribution < 1.29 is 33.4 Å². The van der Waals surface area contributed by atoms with Crippen LogP contribution in [0, 0.1) is 0 Å². The summed E-state index contributed by atoms with van der Waals surface area (Å²) in [6, 6.07) is 5.97. The molecule has 0 heterocycles. The van der Waals surface area contributed by atoms with Gasteiger partial charge in [0, 0.05) is 30.8 Å². The molecule has 0 aromatic heterocycles. The number of ether oxygens (including phenoxy) is 3. The molecule has 196 valence electrons. The first-order valence-electron chi connectivity index (χ1n) is 11.8. The van der Waals surface area contributed by atoms with Gasteiger partial charge in [-0.15, -0.1) is 0 Å². The Morgan fingerprint density at radius 1 is 0.886 bits per heavy atom. The molecule has 2 amide bonds. The number of carbonyl (C=O) groups excluding carboxylic acids is 4. The van der Waals surface area contributed by atoms with Gasteiger partial charge in [-0.05, 0) is 64.3 Å². The molecule has 1 atom stereocenters. The number of unbranched alkanes of at least 4 members (excludes halogenated alkanes) is 3. The van der Waals surface area contributed by atoms with Gasteiger partial charge in [-0.25, -0.2) is 9.59 Å². The summed E-state index contributed by atoms with van der Waals surface area (Å²) in [4.78, 5) is 47.3. The minimum absolute atomic E-state index is 0.0142. The molecule has 10 nitrogen and oxygen atoms in total. The Labute approximate surface area is 207 Å². The fourth-order valence-corrected chi connectivity index (χ4v) is 3.08. The third-order valence-corrected chi connectivity index (χ3v) is 4.90. The Hall–Kier alpha value is -3.30. The molecular formula is C25H39N3O7. The van der Waals surface area contributed by atoms with E-state index in [-0.39, 0.29) is 12.8 Å². The molecule has 0 bridgehead atoms. The quantitative estimate of drug-likeness (QED) is 0.204. The molecule has 1 rings (SSSR count). The van der Waals surface area contributed by atoms with Gasteiger partial charge < -0.3 is 30.2 Å². The van der Waals surface area contributed by atoms with Crippen LogP contribution in [0.15, 0.2) is 24.3 Å². The third kappa shape index (κ3) is 13.2. The van der Waals surface area contributed by atoms with Gasteiger partial charge in [-0.1, -0.05) is 12.8 Å². The maximum Gasteiger partial charge on any atom is 0.407 e. The lowest BCUT2D eigenvalue weighted by Gasteiger charge is -2.19. The van der Waals surface area contributed by atoms with E-state index in [9.17, 15) is 19.2 Å². The minimum Gasteiger partial charge on any atom is -0.469 e. The molecule has 1 aromatic rings. The maximum atomic E-state index is 12.5. The van der Waals surface area contributed by atoms with Crippen molar-refractivity contribution in [3.05, 3.63) is 29.8 Å². The topological polar surface area (TPSA) is 132 Å². The fourth-order valence-electron chi connectivity index (χ4n) is 3.08. The number of benzene rings is 1. The number of hydrogen-bond acceptors (Lipinski definition) is 8. The van der Waals surface area contributed by atoms with Crippen LogP contribution in [-0.4, -0.2) is 62.9 Å². The van der Waals surface area contributed by atoms with E-state index in [0.717, 1.165) is 37.9 Å². The van der Waals surface area contributed by atoms with E-state index in [1.54, 1.807) is 24.3 Å². The number of amides is 2.